The summed E-state index contributed by atoms with van der Waals surface area (Å²) in [7, 11) is -4.54. The Morgan fingerprint density at radius 1 is 1.26 bits per heavy atom. The Bertz CT molecular complexity index is 526. The van der Waals surface area contributed by atoms with Crippen LogP contribution in [-0.4, -0.2) is 38.5 Å². The summed E-state index contributed by atoms with van der Waals surface area (Å²) in [4.78, 5) is 1.57. The summed E-state index contributed by atoms with van der Waals surface area (Å²) in [6.07, 6.45) is 2.05. The van der Waals surface area contributed by atoms with Gasteiger partial charge in [-0.1, -0.05) is 0 Å². The van der Waals surface area contributed by atoms with Crippen LogP contribution in [0.4, 0.5) is 14.5 Å². The van der Waals surface area contributed by atoms with Crippen molar-refractivity contribution in [2.45, 2.75) is 29.5 Å². The number of benzene rings is 1. The van der Waals surface area contributed by atoms with Gasteiger partial charge in [0.15, 0.2) is 0 Å². The maximum absolute atomic E-state index is 12.4. The highest BCUT2D eigenvalue weighted by molar-refractivity contribution is 7.91. The smallest absolute Gasteiger partial charge is 0.341 e. The van der Waals surface area contributed by atoms with Crippen LogP contribution in [0.3, 0.4) is 0 Å². The molecule has 0 aliphatic heterocycles. The Balaban J connectivity index is 2.22. The Hall–Kier alpha value is -1.21. The molecule has 1 aliphatic rings. The monoisotopic (exact) mass is 291 g/mol. The third-order valence-corrected chi connectivity index (χ3v) is 4.46. The minimum atomic E-state index is -4.54. The summed E-state index contributed by atoms with van der Waals surface area (Å²) in [5, 5.41) is 8.99. The molecule has 2 rings (SSSR count). The summed E-state index contributed by atoms with van der Waals surface area (Å²) in [6.45, 7) is 0.444. The normalized spacial score (nSPS) is 15.8. The molecule has 1 aromatic carbocycles. The molecular formula is C12H15F2NO3S. The number of anilines is 1. The number of alkyl halides is 2. The lowest BCUT2D eigenvalue weighted by molar-refractivity contribution is 0.234. The van der Waals surface area contributed by atoms with E-state index in [1.54, 1.807) is 0 Å². The van der Waals surface area contributed by atoms with Crippen LogP contribution in [0.1, 0.15) is 12.8 Å². The largest absolute Gasteiger partial charge is 0.395 e. The van der Waals surface area contributed by atoms with Gasteiger partial charge in [-0.05, 0) is 37.1 Å². The van der Waals surface area contributed by atoms with Crippen molar-refractivity contribution in [1.82, 2.24) is 0 Å². The van der Waals surface area contributed by atoms with Gasteiger partial charge in [-0.15, -0.1) is 0 Å². The number of hydrogen-bond donors (Lipinski definition) is 1. The first-order valence-corrected chi connectivity index (χ1v) is 7.51. The van der Waals surface area contributed by atoms with Gasteiger partial charge in [-0.3, -0.25) is 0 Å². The average molecular weight is 291 g/mol. The van der Waals surface area contributed by atoms with Crippen LogP contribution in [0.5, 0.6) is 0 Å². The van der Waals surface area contributed by atoms with E-state index < -0.39 is 15.6 Å². The number of halogens is 2. The molecule has 19 heavy (non-hydrogen) atoms. The molecule has 0 radical (unpaired) electrons. The zero-order valence-electron chi connectivity index (χ0n) is 10.2. The SMILES string of the molecule is O=S(=O)(c1ccc(N(CCO)C2CC2)cc1)C(F)F. The first kappa shape index (κ1) is 14.2. The van der Waals surface area contributed by atoms with Crippen LogP contribution in [0.2, 0.25) is 0 Å². The van der Waals surface area contributed by atoms with Crippen LogP contribution in [-0.2, 0) is 9.84 Å². The number of aliphatic hydroxyl groups is 1. The Kier molecular flexibility index (Phi) is 4.05. The molecule has 1 fully saturated rings. The molecule has 0 amide bonds. The molecule has 1 aromatic rings. The second-order valence-corrected chi connectivity index (χ2v) is 6.37. The van der Waals surface area contributed by atoms with Crippen molar-refractivity contribution in [1.29, 1.82) is 0 Å². The third kappa shape index (κ3) is 3.03. The van der Waals surface area contributed by atoms with Crippen molar-refractivity contribution in [2.75, 3.05) is 18.1 Å². The van der Waals surface area contributed by atoms with Gasteiger partial charge in [0.1, 0.15) is 0 Å². The topological polar surface area (TPSA) is 57.6 Å². The first-order chi connectivity index (χ1) is 8.96. The molecule has 0 aromatic heterocycles. The number of rotatable bonds is 6. The first-order valence-electron chi connectivity index (χ1n) is 5.96. The maximum atomic E-state index is 12.4. The quantitative estimate of drug-likeness (QED) is 0.865. The molecule has 0 saturated heterocycles. The number of nitrogens with zero attached hydrogens (tertiary/aromatic N) is 1. The van der Waals surface area contributed by atoms with Gasteiger partial charge in [-0.25, -0.2) is 8.42 Å². The highest BCUT2D eigenvalue weighted by atomic mass is 32.2. The van der Waals surface area contributed by atoms with Crippen LogP contribution in [0, 0.1) is 0 Å². The van der Waals surface area contributed by atoms with Crippen molar-refractivity contribution < 1.29 is 22.3 Å². The van der Waals surface area contributed by atoms with Crippen LogP contribution in [0.25, 0.3) is 0 Å². The molecule has 0 bridgehead atoms. The van der Waals surface area contributed by atoms with Gasteiger partial charge in [0.25, 0.3) is 0 Å². The van der Waals surface area contributed by atoms with Crippen molar-refractivity contribution in [3.63, 3.8) is 0 Å². The molecule has 1 aliphatic carbocycles. The van der Waals surface area contributed by atoms with Crippen molar-refractivity contribution in [3.8, 4) is 0 Å². The van der Waals surface area contributed by atoms with Gasteiger partial charge in [0.2, 0.25) is 9.84 Å². The average Bonchev–Trinajstić information content (AvgIpc) is 3.20. The molecule has 4 nitrogen and oxygen atoms in total. The van der Waals surface area contributed by atoms with Crippen molar-refractivity contribution >= 4 is 15.5 Å². The molecule has 7 heteroatoms. The van der Waals surface area contributed by atoms with Crippen molar-refractivity contribution in [3.05, 3.63) is 24.3 Å². The standard InChI is InChI=1S/C12H15F2NO3S/c13-12(14)19(17,18)11-5-3-10(4-6-11)15(7-8-16)9-1-2-9/h3-6,9,12,16H,1-2,7-8H2. The van der Waals surface area contributed by atoms with Gasteiger partial charge < -0.3 is 10.0 Å². The Labute approximate surface area is 110 Å². The fourth-order valence-corrected chi connectivity index (χ4v) is 2.67. The minimum Gasteiger partial charge on any atom is -0.395 e. The fraction of sp³-hybridized carbons (Fsp3) is 0.500. The van der Waals surface area contributed by atoms with E-state index in [1.165, 1.54) is 24.3 Å². The molecule has 1 saturated carbocycles. The second kappa shape index (κ2) is 5.42. The third-order valence-electron chi connectivity index (χ3n) is 3.06. The summed E-state index contributed by atoms with van der Waals surface area (Å²) >= 11 is 0. The molecular weight excluding hydrogens is 276 g/mol. The van der Waals surface area contributed by atoms with E-state index in [1.807, 2.05) is 4.90 Å². The zero-order chi connectivity index (χ0) is 14.0. The Morgan fingerprint density at radius 3 is 2.26 bits per heavy atom. The van der Waals surface area contributed by atoms with Crippen LogP contribution in [0.15, 0.2) is 29.2 Å². The zero-order valence-corrected chi connectivity index (χ0v) is 11.0. The lowest BCUT2D eigenvalue weighted by Crippen LogP contribution is -2.28. The molecule has 106 valence electrons. The van der Waals surface area contributed by atoms with Gasteiger partial charge in [-0.2, -0.15) is 8.78 Å². The Morgan fingerprint density at radius 2 is 1.84 bits per heavy atom. The highest BCUT2D eigenvalue weighted by Gasteiger charge is 2.30. The lowest BCUT2D eigenvalue weighted by Gasteiger charge is -2.23. The summed E-state index contributed by atoms with van der Waals surface area (Å²) in [5.41, 5.74) is 0.741. The molecule has 0 spiro atoms. The summed E-state index contributed by atoms with van der Waals surface area (Å²) in [6, 6.07) is 5.73. The number of sulfone groups is 1. The predicted octanol–water partition coefficient (Wildman–Crippen LogP) is 1.64. The van der Waals surface area contributed by atoms with Gasteiger partial charge >= 0.3 is 5.76 Å². The highest BCUT2D eigenvalue weighted by Crippen LogP contribution is 2.32. The summed E-state index contributed by atoms with van der Waals surface area (Å²) < 4.78 is 47.3. The summed E-state index contributed by atoms with van der Waals surface area (Å²) in [5.74, 6) is -3.41. The molecule has 1 N–H and O–H groups in total. The van der Waals surface area contributed by atoms with E-state index in [2.05, 4.69) is 0 Å². The van der Waals surface area contributed by atoms with E-state index in [4.69, 9.17) is 5.11 Å². The van der Waals surface area contributed by atoms with E-state index in [-0.39, 0.29) is 11.5 Å². The van der Waals surface area contributed by atoms with Crippen molar-refractivity contribution in [2.24, 2.45) is 0 Å². The molecule has 0 unspecified atom stereocenters. The van der Waals surface area contributed by atoms with E-state index in [0.717, 1.165) is 18.5 Å². The fourth-order valence-electron chi connectivity index (χ4n) is 1.95. The lowest BCUT2D eigenvalue weighted by atomic mass is 10.3. The van der Waals surface area contributed by atoms with Gasteiger partial charge in [0, 0.05) is 18.3 Å². The van der Waals surface area contributed by atoms with Gasteiger partial charge in [0.05, 0.1) is 11.5 Å². The van der Waals surface area contributed by atoms with Crippen LogP contribution < -0.4 is 4.90 Å². The predicted molar refractivity (Wildman–Crippen MR) is 67.1 cm³/mol. The molecule has 0 atom stereocenters. The number of hydrogen-bond acceptors (Lipinski definition) is 4. The van der Waals surface area contributed by atoms with E-state index in [0.29, 0.717) is 12.6 Å². The van der Waals surface area contributed by atoms with E-state index >= 15 is 0 Å². The molecule has 0 heterocycles. The van der Waals surface area contributed by atoms with Crippen LogP contribution >= 0.6 is 0 Å². The number of aliphatic hydroxyl groups excluding tert-OH is 1. The minimum absolute atomic E-state index is 0.00636. The van der Waals surface area contributed by atoms with E-state index in [9.17, 15) is 17.2 Å². The maximum Gasteiger partial charge on any atom is 0.341 e. The second-order valence-electron chi connectivity index (χ2n) is 4.45.